The third kappa shape index (κ3) is 3.24. The van der Waals surface area contributed by atoms with Crippen molar-refractivity contribution in [3.63, 3.8) is 0 Å². The van der Waals surface area contributed by atoms with E-state index in [1.807, 2.05) is 23.7 Å². The zero-order chi connectivity index (χ0) is 18.2. The average Bonchev–Trinajstić information content (AvgIpc) is 3.41. The Morgan fingerprint density at radius 1 is 1.19 bits per heavy atom. The van der Waals surface area contributed by atoms with Crippen molar-refractivity contribution in [3.8, 4) is 17.1 Å². The molecule has 1 atom stereocenters. The van der Waals surface area contributed by atoms with E-state index in [0.29, 0.717) is 5.92 Å². The van der Waals surface area contributed by atoms with Crippen molar-refractivity contribution in [3.05, 3.63) is 53.6 Å². The number of fused-ring (bicyclic) bond motifs is 1. The average molecular weight is 377 g/mol. The number of ether oxygens (including phenoxy) is 1. The quantitative estimate of drug-likeness (QED) is 0.541. The van der Waals surface area contributed by atoms with E-state index in [1.165, 1.54) is 4.70 Å². The summed E-state index contributed by atoms with van der Waals surface area (Å²) in [6, 6.07) is 10.2. The summed E-state index contributed by atoms with van der Waals surface area (Å²) < 4.78 is 8.70. The summed E-state index contributed by atoms with van der Waals surface area (Å²) in [5, 5.41) is 5.90. The van der Waals surface area contributed by atoms with E-state index < -0.39 is 0 Å². The van der Waals surface area contributed by atoms with Gasteiger partial charge in [0, 0.05) is 37.6 Å². The molecule has 3 aromatic heterocycles. The highest BCUT2D eigenvalue weighted by atomic mass is 32.1. The van der Waals surface area contributed by atoms with Gasteiger partial charge in [0.1, 0.15) is 5.82 Å². The molecule has 0 spiro atoms. The van der Waals surface area contributed by atoms with Gasteiger partial charge in [-0.25, -0.2) is 14.6 Å². The van der Waals surface area contributed by atoms with E-state index in [1.54, 1.807) is 23.7 Å². The number of nitrogens with zero attached hydrogens (tertiary/aromatic N) is 5. The fourth-order valence-electron chi connectivity index (χ4n) is 3.47. The van der Waals surface area contributed by atoms with Crippen LogP contribution in [0.5, 0.6) is 0 Å². The lowest BCUT2D eigenvalue weighted by Gasteiger charge is -2.09. The maximum absolute atomic E-state index is 5.55. The van der Waals surface area contributed by atoms with Gasteiger partial charge >= 0.3 is 0 Å². The predicted octanol–water partition coefficient (Wildman–Crippen LogP) is 3.83. The molecule has 0 N–H and O–H groups in total. The molecule has 0 aliphatic carbocycles. The molecular weight excluding hydrogens is 358 g/mol. The molecular formula is C20H19N5OS. The van der Waals surface area contributed by atoms with Crippen molar-refractivity contribution in [2.45, 2.75) is 19.8 Å². The van der Waals surface area contributed by atoms with Crippen molar-refractivity contribution in [2.24, 2.45) is 5.92 Å². The largest absolute Gasteiger partial charge is 0.381 e. The summed E-state index contributed by atoms with van der Waals surface area (Å²) in [5.74, 6) is 2.19. The molecule has 1 saturated heterocycles. The molecule has 4 aromatic rings. The van der Waals surface area contributed by atoms with Crippen LogP contribution < -0.4 is 0 Å². The van der Waals surface area contributed by atoms with Crippen LogP contribution in [0.1, 0.15) is 17.3 Å². The van der Waals surface area contributed by atoms with E-state index in [2.05, 4.69) is 28.2 Å². The first-order valence-corrected chi connectivity index (χ1v) is 9.89. The molecule has 0 radical (unpaired) electrons. The molecule has 1 aliphatic heterocycles. The topological polar surface area (TPSA) is 65.7 Å². The number of hydrogen-bond donors (Lipinski definition) is 0. The molecule has 27 heavy (non-hydrogen) atoms. The number of thiazole rings is 1. The molecule has 5 rings (SSSR count). The summed E-state index contributed by atoms with van der Waals surface area (Å²) in [6.45, 7) is 3.67. The molecule has 7 heteroatoms. The lowest BCUT2D eigenvalue weighted by atomic mass is 10.0. The van der Waals surface area contributed by atoms with Crippen LogP contribution in [0.2, 0.25) is 0 Å². The zero-order valence-corrected chi connectivity index (χ0v) is 15.8. The van der Waals surface area contributed by atoms with Crippen molar-refractivity contribution < 1.29 is 4.74 Å². The van der Waals surface area contributed by atoms with Gasteiger partial charge in [0.2, 0.25) is 0 Å². The van der Waals surface area contributed by atoms with Crippen LogP contribution >= 0.6 is 11.3 Å². The third-order valence-electron chi connectivity index (χ3n) is 4.83. The third-order valence-corrected chi connectivity index (χ3v) is 5.77. The maximum atomic E-state index is 5.55. The molecule has 1 fully saturated rings. The molecule has 1 aromatic carbocycles. The highest BCUT2D eigenvalue weighted by molar-refractivity contribution is 7.18. The van der Waals surface area contributed by atoms with Gasteiger partial charge in [-0.05, 0) is 49.6 Å². The van der Waals surface area contributed by atoms with Gasteiger partial charge in [-0.2, -0.15) is 0 Å². The monoisotopic (exact) mass is 377 g/mol. The molecule has 0 unspecified atom stereocenters. The van der Waals surface area contributed by atoms with E-state index in [-0.39, 0.29) is 0 Å². The van der Waals surface area contributed by atoms with Gasteiger partial charge in [0.05, 0.1) is 20.9 Å². The van der Waals surface area contributed by atoms with Crippen molar-refractivity contribution in [1.29, 1.82) is 0 Å². The number of hydrogen-bond acceptors (Lipinski definition) is 6. The van der Waals surface area contributed by atoms with Crippen molar-refractivity contribution in [1.82, 2.24) is 24.7 Å². The number of rotatable bonds is 4. The first-order valence-electron chi connectivity index (χ1n) is 9.08. The minimum absolute atomic E-state index is 0.493. The SMILES string of the molecule is Cc1nc2ccc(-n3nc(-c4ccncc4)nc3C[C@H]3CCOC3)cc2s1. The lowest BCUT2D eigenvalue weighted by Crippen LogP contribution is -2.10. The predicted molar refractivity (Wildman–Crippen MR) is 105 cm³/mol. The summed E-state index contributed by atoms with van der Waals surface area (Å²) in [4.78, 5) is 13.5. The molecule has 0 amide bonds. The van der Waals surface area contributed by atoms with Crippen LogP contribution in [-0.4, -0.2) is 37.9 Å². The van der Waals surface area contributed by atoms with E-state index in [0.717, 1.165) is 59.5 Å². The molecule has 0 bridgehead atoms. The molecule has 0 saturated carbocycles. The molecule has 136 valence electrons. The first kappa shape index (κ1) is 16.5. The molecule has 1 aliphatic rings. The van der Waals surface area contributed by atoms with Crippen LogP contribution in [0.3, 0.4) is 0 Å². The summed E-state index contributed by atoms with van der Waals surface area (Å²) in [6.07, 6.45) is 5.47. The van der Waals surface area contributed by atoms with Crippen LogP contribution in [0.25, 0.3) is 27.3 Å². The van der Waals surface area contributed by atoms with Gasteiger partial charge in [-0.1, -0.05) is 0 Å². The Morgan fingerprint density at radius 3 is 2.89 bits per heavy atom. The number of aromatic nitrogens is 5. The Labute approximate surface area is 160 Å². The van der Waals surface area contributed by atoms with Gasteiger partial charge in [-0.15, -0.1) is 16.4 Å². The first-order chi connectivity index (χ1) is 13.3. The highest BCUT2D eigenvalue weighted by Gasteiger charge is 2.21. The number of benzene rings is 1. The Hall–Kier alpha value is -2.64. The lowest BCUT2D eigenvalue weighted by molar-refractivity contribution is 0.185. The number of pyridine rings is 1. The normalized spacial score (nSPS) is 17.0. The Balaban J connectivity index is 1.60. The van der Waals surface area contributed by atoms with Gasteiger partial charge in [0.25, 0.3) is 0 Å². The highest BCUT2D eigenvalue weighted by Crippen LogP contribution is 2.27. The van der Waals surface area contributed by atoms with Gasteiger partial charge in [0.15, 0.2) is 5.82 Å². The fraction of sp³-hybridized carbons (Fsp3) is 0.300. The minimum Gasteiger partial charge on any atom is -0.381 e. The summed E-state index contributed by atoms with van der Waals surface area (Å²) in [5.41, 5.74) is 3.02. The maximum Gasteiger partial charge on any atom is 0.181 e. The minimum atomic E-state index is 0.493. The Bertz CT molecular complexity index is 1080. The fourth-order valence-corrected chi connectivity index (χ4v) is 4.33. The Kier molecular flexibility index (Phi) is 4.18. The second kappa shape index (κ2) is 6.83. The van der Waals surface area contributed by atoms with Crippen LogP contribution in [0.4, 0.5) is 0 Å². The number of aryl methyl sites for hydroxylation is 1. The van der Waals surface area contributed by atoms with Crippen molar-refractivity contribution >= 4 is 21.6 Å². The standard InChI is InChI=1S/C20H19N5OS/c1-13-22-17-3-2-16(11-18(17)27-13)25-19(10-14-6-9-26-12-14)23-20(24-25)15-4-7-21-8-5-15/h2-5,7-8,11,14H,6,9-10,12H2,1H3/t14-/m1/s1. The second-order valence-electron chi connectivity index (χ2n) is 6.82. The van der Waals surface area contributed by atoms with E-state index >= 15 is 0 Å². The zero-order valence-electron chi connectivity index (χ0n) is 15.0. The Morgan fingerprint density at radius 2 is 2.07 bits per heavy atom. The van der Waals surface area contributed by atoms with E-state index in [4.69, 9.17) is 14.8 Å². The van der Waals surface area contributed by atoms with E-state index in [9.17, 15) is 0 Å². The molecule has 6 nitrogen and oxygen atoms in total. The van der Waals surface area contributed by atoms with Gasteiger partial charge < -0.3 is 4.74 Å². The second-order valence-corrected chi connectivity index (χ2v) is 8.05. The van der Waals surface area contributed by atoms with Crippen molar-refractivity contribution in [2.75, 3.05) is 13.2 Å². The van der Waals surface area contributed by atoms with Crippen LogP contribution in [0.15, 0.2) is 42.7 Å². The molecule has 4 heterocycles. The van der Waals surface area contributed by atoms with Crippen LogP contribution in [-0.2, 0) is 11.2 Å². The summed E-state index contributed by atoms with van der Waals surface area (Å²) in [7, 11) is 0. The van der Waals surface area contributed by atoms with Crippen LogP contribution in [0, 0.1) is 12.8 Å². The van der Waals surface area contributed by atoms with Gasteiger partial charge in [-0.3, -0.25) is 4.98 Å². The summed E-state index contributed by atoms with van der Waals surface area (Å²) >= 11 is 1.70. The smallest absolute Gasteiger partial charge is 0.181 e.